The molecule has 0 fully saturated rings. The van der Waals surface area contributed by atoms with Crippen LogP contribution in [0.1, 0.15) is 45.1 Å². The van der Waals surface area contributed by atoms with Crippen LogP contribution in [0.2, 0.25) is 0 Å². The van der Waals surface area contributed by atoms with Crippen LogP contribution in [0.5, 0.6) is 11.5 Å². The number of benzene rings is 1. The van der Waals surface area contributed by atoms with E-state index < -0.39 is 0 Å². The van der Waals surface area contributed by atoms with Crippen LogP contribution in [0, 0.1) is 0 Å². The normalized spacial score (nSPS) is 10.7. The fraction of sp³-hybridized carbons (Fsp3) is 0.667. The molecule has 0 aliphatic rings. The largest absolute Gasteiger partial charge is 0.493 e. The number of hydrogen-bond acceptors (Lipinski definition) is 4. The van der Waals surface area contributed by atoms with E-state index in [1.807, 2.05) is 19.1 Å². The summed E-state index contributed by atoms with van der Waals surface area (Å²) in [5.74, 6) is 1.60. The smallest absolute Gasteiger partial charge is 0.165 e. The highest BCUT2D eigenvalue weighted by Gasteiger charge is 2.10. The van der Waals surface area contributed by atoms with Crippen LogP contribution in [0.4, 0.5) is 0 Å². The molecule has 0 unspecified atom stereocenters. The molecule has 0 heterocycles. The number of rotatable bonds is 13. The number of hydrogen-bond donors (Lipinski definition) is 1. The van der Waals surface area contributed by atoms with Gasteiger partial charge in [0.2, 0.25) is 0 Å². The predicted octanol–water partition coefficient (Wildman–Crippen LogP) is 3.78. The highest BCUT2D eigenvalue weighted by Crippen LogP contribution is 2.31. The number of unbranched alkanes of at least 4 members (excludes halogenated alkanes) is 3. The zero-order chi connectivity index (χ0) is 16.0. The molecule has 0 aliphatic carbocycles. The van der Waals surface area contributed by atoms with E-state index in [0.717, 1.165) is 30.2 Å². The van der Waals surface area contributed by atoms with Crippen LogP contribution in [0.3, 0.4) is 0 Å². The maximum atomic E-state index is 5.87. The fourth-order valence-corrected chi connectivity index (χ4v) is 2.27. The molecular formula is C18H31NO3. The molecule has 4 nitrogen and oxygen atoms in total. The maximum Gasteiger partial charge on any atom is 0.165 e. The van der Waals surface area contributed by atoms with Gasteiger partial charge in [0.15, 0.2) is 11.5 Å². The molecule has 0 aromatic heterocycles. The molecule has 0 bridgehead atoms. The van der Waals surface area contributed by atoms with Crippen molar-refractivity contribution in [2.45, 2.75) is 46.1 Å². The Balaban J connectivity index is 2.49. The third kappa shape index (κ3) is 7.14. The molecule has 1 aromatic carbocycles. The Morgan fingerprint density at radius 1 is 1.05 bits per heavy atom. The van der Waals surface area contributed by atoms with Gasteiger partial charge in [-0.25, -0.2) is 0 Å². The molecule has 0 atom stereocenters. The lowest BCUT2D eigenvalue weighted by Gasteiger charge is -2.15. The lowest BCUT2D eigenvalue weighted by atomic mass is 10.1. The van der Waals surface area contributed by atoms with Crippen LogP contribution in [-0.2, 0) is 11.3 Å². The van der Waals surface area contributed by atoms with Crippen molar-refractivity contribution in [3.05, 3.63) is 23.8 Å². The summed E-state index contributed by atoms with van der Waals surface area (Å²) in [4.78, 5) is 0. The zero-order valence-electron chi connectivity index (χ0n) is 14.3. The Kier molecular flexibility index (Phi) is 10.5. The van der Waals surface area contributed by atoms with Gasteiger partial charge in [0, 0.05) is 18.7 Å². The van der Waals surface area contributed by atoms with E-state index in [1.54, 1.807) is 7.11 Å². The van der Waals surface area contributed by atoms with Gasteiger partial charge in [-0.15, -0.1) is 0 Å². The first-order valence-electron chi connectivity index (χ1n) is 8.40. The summed E-state index contributed by atoms with van der Waals surface area (Å²) < 4.78 is 16.6. The Hall–Kier alpha value is -1.26. The van der Waals surface area contributed by atoms with Crippen molar-refractivity contribution in [1.29, 1.82) is 0 Å². The van der Waals surface area contributed by atoms with Gasteiger partial charge in [-0.2, -0.15) is 0 Å². The van der Waals surface area contributed by atoms with Crippen molar-refractivity contribution in [2.75, 3.05) is 33.5 Å². The minimum atomic E-state index is 0.539. The first-order chi connectivity index (χ1) is 10.8. The van der Waals surface area contributed by atoms with Crippen LogP contribution in [0.25, 0.3) is 0 Å². The predicted molar refractivity (Wildman–Crippen MR) is 90.8 cm³/mol. The Bertz CT molecular complexity index is 396. The maximum absolute atomic E-state index is 5.87. The SMILES string of the molecule is CCCCCCNCc1cccc(OC)c1OCCOCC. The molecule has 22 heavy (non-hydrogen) atoms. The van der Waals surface area contributed by atoms with Gasteiger partial charge in [0.1, 0.15) is 6.61 Å². The number of nitrogens with one attached hydrogen (secondary N) is 1. The Morgan fingerprint density at radius 2 is 1.91 bits per heavy atom. The third-order valence-corrected chi connectivity index (χ3v) is 3.48. The second-order valence-corrected chi connectivity index (χ2v) is 5.23. The van der Waals surface area contributed by atoms with E-state index in [2.05, 4.69) is 18.3 Å². The van der Waals surface area contributed by atoms with Crippen molar-refractivity contribution >= 4 is 0 Å². The molecule has 126 valence electrons. The van der Waals surface area contributed by atoms with E-state index in [0.29, 0.717) is 19.8 Å². The van der Waals surface area contributed by atoms with E-state index in [4.69, 9.17) is 14.2 Å². The minimum Gasteiger partial charge on any atom is -0.493 e. The summed E-state index contributed by atoms with van der Waals surface area (Å²) in [6, 6.07) is 6.01. The average molecular weight is 309 g/mol. The lowest BCUT2D eigenvalue weighted by molar-refractivity contribution is 0.108. The molecule has 0 radical (unpaired) electrons. The van der Waals surface area contributed by atoms with Crippen molar-refractivity contribution in [3.63, 3.8) is 0 Å². The van der Waals surface area contributed by atoms with Crippen molar-refractivity contribution in [3.8, 4) is 11.5 Å². The van der Waals surface area contributed by atoms with Crippen LogP contribution in [-0.4, -0.2) is 33.5 Å². The van der Waals surface area contributed by atoms with E-state index >= 15 is 0 Å². The Morgan fingerprint density at radius 3 is 2.64 bits per heavy atom. The molecule has 1 N–H and O–H groups in total. The van der Waals surface area contributed by atoms with E-state index in [-0.39, 0.29) is 0 Å². The highest BCUT2D eigenvalue weighted by atomic mass is 16.5. The number of ether oxygens (including phenoxy) is 3. The highest BCUT2D eigenvalue weighted by molar-refractivity contribution is 5.46. The monoisotopic (exact) mass is 309 g/mol. The minimum absolute atomic E-state index is 0.539. The zero-order valence-corrected chi connectivity index (χ0v) is 14.3. The van der Waals surface area contributed by atoms with Gasteiger partial charge in [-0.1, -0.05) is 38.3 Å². The standard InChI is InChI=1S/C18H31NO3/c1-4-6-7-8-12-19-15-16-10-9-11-17(20-3)18(16)22-14-13-21-5-2/h9-11,19H,4-8,12-15H2,1-3H3. The van der Waals surface area contributed by atoms with Gasteiger partial charge in [0.25, 0.3) is 0 Å². The van der Waals surface area contributed by atoms with Crippen LogP contribution < -0.4 is 14.8 Å². The van der Waals surface area contributed by atoms with Crippen LogP contribution >= 0.6 is 0 Å². The van der Waals surface area contributed by atoms with Crippen LogP contribution in [0.15, 0.2) is 18.2 Å². The molecule has 0 spiro atoms. The first kappa shape index (κ1) is 18.8. The van der Waals surface area contributed by atoms with Gasteiger partial charge >= 0.3 is 0 Å². The molecule has 1 rings (SSSR count). The van der Waals surface area contributed by atoms with Gasteiger partial charge in [-0.3, -0.25) is 0 Å². The van der Waals surface area contributed by atoms with Gasteiger partial charge < -0.3 is 19.5 Å². The third-order valence-electron chi connectivity index (χ3n) is 3.48. The number of para-hydroxylation sites is 1. The fourth-order valence-electron chi connectivity index (χ4n) is 2.27. The summed E-state index contributed by atoms with van der Waals surface area (Å²) >= 11 is 0. The molecule has 0 aliphatic heterocycles. The van der Waals surface area contributed by atoms with Gasteiger partial charge in [-0.05, 0) is 26.0 Å². The molecule has 0 amide bonds. The van der Waals surface area contributed by atoms with Crippen molar-refractivity contribution < 1.29 is 14.2 Å². The molecular weight excluding hydrogens is 278 g/mol. The average Bonchev–Trinajstić information content (AvgIpc) is 2.55. The topological polar surface area (TPSA) is 39.7 Å². The summed E-state index contributed by atoms with van der Waals surface area (Å²) in [6.07, 6.45) is 5.10. The van der Waals surface area contributed by atoms with Crippen molar-refractivity contribution in [1.82, 2.24) is 5.32 Å². The first-order valence-corrected chi connectivity index (χ1v) is 8.40. The molecule has 1 aromatic rings. The van der Waals surface area contributed by atoms with E-state index in [9.17, 15) is 0 Å². The summed E-state index contributed by atoms with van der Waals surface area (Å²) in [6.45, 7) is 7.90. The summed E-state index contributed by atoms with van der Waals surface area (Å²) in [5, 5.41) is 3.49. The quantitative estimate of drug-likeness (QED) is 0.563. The molecule has 4 heteroatoms. The van der Waals surface area contributed by atoms with E-state index in [1.165, 1.54) is 25.7 Å². The second-order valence-electron chi connectivity index (χ2n) is 5.23. The molecule has 0 saturated heterocycles. The van der Waals surface area contributed by atoms with Crippen molar-refractivity contribution in [2.24, 2.45) is 0 Å². The number of methoxy groups -OCH3 is 1. The van der Waals surface area contributed by atoms with Gasteiger partial charge in [0.05, 0.1) is 13.7 Å². The Labute approximate surface area is 135 Å². The molecule has 0 saturated carbocycles. The summed E-state index contributed by atoms with van der Waals surface area (Å²) in [5.41, 5.74) is 1.13. The lowest BCUT2D eigenvalue weighted by Crippen LogP contribution is -2.16. The summed E-state index contributed by atoms with van der Waals surface area (Å²) in [7, 11) is 1.67. The second kappa shape index (κ2) is 12.3.